The van der Waals surface area contributed by atoms with Gasteiger partial charge in [-0.15, -0.1) is 10.2 Å². The molecular formula is C21H28FN5O2S. The van der Waals surface area contributed by atoms with Crippen LogP contribution in [0.15, 0.2) is 29.4 Å². The SMILES string of the molecule is CC(C)Cn1c(SC(C(=O)NC2CC2)c2ccc(F)cc2)nnc1N1CCOCC1. The fraction of sp³-hybridized carbons (Fsp3) is 0.571. The monoisotopic (exact) mass is 433 g/mol. The number of nitrogens with zero attached hydrogens (tertiary/aromatic N) is 4. The molecule has 1 aromatic heterocycles. The highest BCUT2D eigenvalue weighted by molar-refractivity contribution is 8.00. The number of anilines is 1. The van der Waals surface area contributed by atoms with Crippen molar-refractivity contribution in [2.75, 3.05) is 31.2 Å². The number of hydrogen-bond acceptors (Lipinski definition) is 6. The summed E-state index contributed by atoms with van der Waals surface area (Å²) in [4.78, 5) is 15.2. The molecule has 2 aromatic rings. The smallest absolute Gasteiger partial charge is 0.238 e. The highest BCUT2D eigenvalue weighted by atomic mass is 32.2. The van der Waals surface area contributed by atoms with Gasteiger partial charge in [-0.25, -0.2) is 4.39 Å². The van der Waals surface area contributed by atoms with Crippen LogP contribution in [0.3, 0.4) is 0 Å². The van der Waals surface area contributed by atoms with Crippen molar-refractivity contribution in [3.63, 3.8) is 0 Å². The summed E-state index contributed by atoms with van der Waals surface area (Å²) >= 11 is 1.38. The fourth-order valence-electron chi connectivity index (χ4n) is 3.41. The van der Waals surface area contributed by atoms with E-state index in [1.807, 2.05) is 0 Å². The Morgan fingerprint density at radius 1 is 1.23 bits per heavy atom. The summed E-state index contributed by atoms with van der Waals surface area (Å²) in [6, 6.07) is 6.38. The van der Waals surface area contributed by atoms with Crippen molar-refractivity contribution >= 4 is 23.6 Å². The van der Waals surface area contributed by atoms with Gasteiger partial charge in [0.2, 0.25) is 11.9 Å². The van der Waals surface area contributed by atoms with Crippen molar-refractivity contribution < 1.29 is 13.9 Å². The summed E-state index contributed by atoms with van der Waals surface area (Å²) in [7, 11) is 0. The Morgan fingerprint density at radius 3 is 2.57 bits per heavy atom. The van der Waals surface area contributed by atoms with Crippen LogP contribution in [0.2, 0.25) is 0 Å². The van der Waals surface area contributed by atoms with E-state index in [4.69, 9.17) is 4.74 Å². The number of thioether (sulfide) groups is 1. The van der Waals surface area contributed by atoms with Crippen LogP contribution in [0.25, 0.3) is 0 Å². The van der Waals surface area contributed by atoms with E-state index >= 15 is 0 Å². The fourth-order valence-corrected chi connectivity index (χ4v) is 4.46. The third-order valence-corrected chi connectivity index (χ3v) is 6.33. The van der Waals surface area contributed by atoms with E-state index in [0.717, 1.165) is 44.0 Å². The Hall–Kier alpha value is -2.13. The first-order valence-corrected chi connectivity index (χ1v) is 11.4. The molecule has 1 unspecified atom stereocenters. The number of hydrogen-bond donors (Lipinski definition) is 1. The maximum atomic E-state index is 13.5. The van der Waals surface area contributed by atoms with Gasteiger partial charge in [0.15, 0.2) is 5.16 Å². The summed E-state index contributed by atoms with van der Waals surface area (Å²) in [6.07, 6.45) is 2.02. The summed E-state index contributed by atoms with van der Waals surface area (Å²) in [6.45, 7) is 7.92. The number of amides is 1. The lowest BCUT2D eigenvalue weighted by atomic mass is 10.1. The molecule has 0 spiro atoms. The Kier molecular flexibility index (Phi) is 6.58. The number of halogens is 1. The second-order valence-electron chi connectivity index (χ2n) is 8.22. The number of rotatable bonds is 8. The first-order valence-electron chi connectivity index (χ1n) is 10.5. The minimum atomic E-state index is -0.515. The van der Waals surface area contributed by atoms with Crippen molar-refractivity contribution in [1.82, 2.24) is 20.1 Å². The maximum Gasteiger partial charge on any atom is 0.238 e. The quantitative estimate of drug-likeness (QED) is 0.646. The predicted octanol–water partition coefficient (Wildman–Crippen LogP) is 3.02. The number of carbonyl (C=O) groups is 1. The molecule has 0 radical (unpaired) electrons. The van der Waals surface area contributed by atoms with E-state index in [1.54, 1.807) is 12.1 Å². The number of morpholine rings is 1. The Morgan fingerprint density at radius 2 is 1.93 bits per heavy atom. The highest BCUT2D eigenvalue weighted by Crippen LogP contribution is 2.37. The molecule has 2 heterocycles. The summed E-state index contributed by atoms with van der Waals surface area (Å²) in [5.41, 5.74) is 0.756. The lowest BCUT2D eigenvalue weighted by molar-refractivity contribution is -0.120. The molecule has 30 heavy (non-hydrogen) atoms. The van der Waals surface area contributed by atoms with Gasteiger partial charge in [0, 0.05) is 25.7 Å². The van der Waals surface area contributed by atoms with E-state index in [9.17, 15) is 9.18 Å². The maximum absolute atomic E-state index is 13.5. The largest absolute Gasteiger partial charge is 0.378 e. The molecule has 162 valence electrons. The molecule has 1 aliphatic carbocycles. The number of ether oxygens (including phenoxy) is 1. The van der Waals surface area contributed by atoms with Gasteiger partial charge in [0.05, 0.1) is 13.2 Å². The number of nitrogens with one attached hydrogen (secondary N) is 1. The van der Waals surface area contributed by atoms with E-state index in [1.165, 1.54) is 23.9 Å². The Balaban J connectivity index is 1.63. The van der Waals surface area contributed by atoms with Crippen molar-refractivity contribution in [1.29, 1.82) is 0 Å². The minimum Gasteiger partial charge on any atom is -0.378 e. The molecular weight excluding hydrogens is 405 g/mol. The van der Waals surface area contributed by atoms with Gasteiger partial charge in [-0.2, -0.15) is 0 Å². The molecule has 9 heteroatoms. The minimum absolute atomic E-state index is 0.0684. The third kappa shape index (κ3) is 5.13. The zero-order chi connectivity index (χ0) is 21.1. The molecule has 7 nitrogen and oxygen atoms in total. The molecule has 1 atom stereocenters. The summed E-state index contributed by atoms with van der Waals surface area (Å²) < 4.78 is 21.0. The topological polar surface area (TPSA) is 72.3 Å². The van der Waals surface area contributed by atoms with E-state index in [2.05, 4.69) is 38.8 Å². The van der Waals surface area contributed by atoms with Gasteiger partial charge >= 0.3 is 0 Å². The van der Waals surface area contributed by atoms with E-state index in [0.29, 0.717) is 24.3 Å². The van der Waals surface area contributed by atoms with Gasteiger partial charge in [-0.1, -0.05) is 37.7 Å². The molecule has 2 aliphatic rings. The zero-order valence-corrected chi connectivity index (χ0v) is 18.2. The predicted molar refractivity (Wildman–Crippen MR) is 114 cm³/mol. The molecule has 1 saturated heterocycles. The van der Waals surface area contributed by atoms with Gasteiger partial charge in [0.1, 0.15) is 11.1 Å². The standard InChI is InChI=1S/C21H28FN5O2S/c1-14(2)13-27-20(26-9-11-29-12-10-26)24-25-21(27)30-18(19(28)23-17-7-8-17)15-3-5-16(22)6-4-15/h3-6,14,17-18H,7-13H2,1-2H3,(H,23,28). The van der Waals surface area contributed by atoms with Crippen LogP contribution in [-0.4, -0.2) is 53.0 Å². The lowest BCUT2D eigenvalue weighted by Crippen LogP contribution is -2.38. The normalized spacial score (nSPS) is 17.9. The lowest BCUT2D eigenvalue weighted by Gasteiger charge is -2.28. The van der Waals surface area contributed by atoms with Crippen LogP contribution in [0.4, 0.5) is 10.3 Å². The highest BCUT2D eigenvalue weighted by Gasteiger charge is 2.31. The van der Waals surface area contributed by atoms with Gasteiger partial charge in [-0.05, 0) is 36.5 Å². The number of aromatic nitrogens is 3. The van der Waals surface area contributed by atoms with Crippen molar-refractivity contribution in [2.45, 2.75) is 49.7 Å². The summed E-state index contributed by atoms with van der Waals surface area (Å²) in [5, 5.41) is 12.2. The van der Waals surface area contributed by atoms with E-state index in [-0.39, 0.29) is 17.8 Å². The average molecular weight is 434 g/mol. The van der Waals surface area contributed by atoms with Crippen molar-refractivity contribution in [2.24, 2.45) is 5.92 Å². The van der Waals surface area contributed by atoms with Gasteiger partial charge < -0.3 is 15.0 Å². The average Bonchev–Trinajstić information content (AvgIpc) is 3.46. The molecule has 1 aliphatic heterocycles. The first kappa shape index (κ1) is 21.1. The molecule has 1 N–H and O–H groups in total. The number of benzene rings is 1. The van der Waals surface area contributed by atoms with Crippen LogP contribution < -0.4 is 10.2 Å². The van der Waals surface area contributed by atoms with Crippen LogP contribution in [0.5, 0.6) is 0 Å². The second kappa shape index (κ2) is 9.34. The Labute approximate surface area is 180 Å². The third-order valence-electron chi connectivity index (χ3n) is 5.10. The molecule has 0 bridgehead atoms. The molecule has 4 rings (SSSR count). The van der Waals surface area contributed by atoms with Crippen molar-refractivity contribution in [3.05, 3.63) is 35.6 Å². The van der Waals surface area contributed by atoms with Crippen molar-refractivity contribution in [3.8, 4) is 0 Å². The van der Waals surface area contributed by atoms with Crippen LogP contribution in [0, 0.1) is 11.7 Å². The first-order chi connectivity index (χ1) is 14.5. The van der Waals surface area contributed by atoms with Gasteiger partial charge in [0.25, 0.3) is 0 Å². The summed E-state index contributed by atoms with van der Waals surface area (Å²) in [5.74, 6) is 0.823. The molecule has 1 amide bonds. The van der Waals surface area contributed by atoms with E-state index < -0.39 is 5.25 Å². The second-order valence-corrected chi connectivity index (χ2v) is 9.29. The van der Waals surface area contributed by atoms with Crippen LogP contribution in [-0.2, 0) is 16.1 Å². The van der Waals surface area contributed by atoms with Crippen LogP contribution in [0.1, 0.15) is 37.5 Å². The molecule has 1 saturated carbocycles. The van der Waals surface area contributed by atoms with Crippen LogP contribution >= 0.6 is 11.8 Å². The molecule has 1 aromatic carbocycles. The number of carbonyl (C=O) groups excluding carboxylic acids is 1. The zero-order valence-electron chi connectivity index (χ0n) is 17.4. The van der Waals surface area contributed by atoms with Gasteiger partial charge in [-0.3, -0.25) is 9.36 Å². The molecule has 2 fully saturated rings. The Bertz CT molecular complexity index is 863.